The maximum absolute atomic E-state index is 14.5. The third-order valence-corrected chi connectivity index (χ3v) is 6.26. The van der Waals surface area contributed by atoms with E-state index in [1.54, 1.807) is 13.1 Å². The minimum absolute atomic E-state index is 0.122. The summed E-state index contributed by atoms with van der Waals surface area (Å²) in [5.74, 6) is -4.06. The number of carbonyl (C=O) groups is 2. The van der Waals surface area contributed by atoms with Crippen molar-refractivity contribution in [1.82, 2.24) is 10.2 Å². The number of anilines is 1. The second kappa shape index (κ2) is 9.88. The quantitative estimate of drug-likeness (QED) is 0.466. The highest BCUT2D eigenvalue weighted by Crippen LogP contribution is 2.37. The average molecular weight is 501 g/mol. The molecule has 1 aliphatic rings. The molecule has 0 unspecified atom stereocenters. The number of nitrogens with one attached hydrogen (secondary N) is 1. The van der Waals surface area contributed by atoms with Gasteiger partial charge in [-0.1, -0.05) is 6.07 Å². The van der Waals surface area contributed by atoms with Gasteiger partial charge in [-0.15, -0.1) is 0 Å². The van der Waals surface area contributed by atoms with Gasteiger partial charge < -0.3 is 15.0 Å². The summed E-state index contributed by atoms with van der Waals surface area (Å²) in [6.45, 7) is 1.19. The van der Waals surface area contributed by atoms with Crippen molar-refractivity contribution in [3.63, 3.8) is 0 Å². The van der Waals surface area contributed by atoms with Gasteiger partial charge in [0.15, 0.2) is 0 Å². The molecule has 0 aliphatic carbocycles. The molecule has 1 atom stereocenters. The smallest absolute Gasteiger partial charge is 0.325 e. The van der Waals surface area contributed by atoms with Gasteiger partial charge >= 0.3 is 6.03 Å². The van der Waals surface area contributed by atoms with Gasteiger partial charge in [0.2, 0.25) is 0 Å². The predicted octanol–water partition coefficient (Wildman–Crippen LogP) is 5.31. The lowest BCUT2D eigenvalue weighted by Gasteiger charge is -2.39. The van der Waals surface area contributed by atoms with Crippen LogP contribution in [0.4, 0.5) is 28.0 Å². The number of methoxy groups -OCH3 is 1. The molecule has 6 nitrogen and oxygen atoms in total. The van der Waals surface area contributed by atoms with E-state index in [1.807, 2.05) is 6.92 Å². The van der Waals surface area contributed by atoms with E-state index in [1.165, 1.54) is 47.2 Å². The number of fused-ring (bicyclic) bond motifs is 1. The molecule has 0 aromatic heterocycles. The first kappa shape index (κ1) is 25.0. The fraction of sp³-hybridized carbons (Fsp3) is 0.231. The number of amides is 3. The summed E-state index contributed by atoms with van der Waals surface area (Å²) in [7, 11) is 3.07. The summed E-state index contributed by atoms with van der Waals surface area (Å²) in [6.07, 6.45) is 0. The third kappa shape index (κ3) is 4.71. The van der Waals surface area contributed by atoms with E-state index in [0.29, 0.717) is 23.6 Å². The Morgan fingerprint density at radius 1 is 1.00 bits per heavy atom. The van der Waals surface area contributed by atoms with Crippen LogP contribution in [0.25, 0.3) is 0 Å². The number of urea groups is 1. The van der Waals surface area contributed by atoms with Crippen LogP contribution in [-0.4, -0.2) is 31.0 Å². The molecule has 0 spiro atoms. The topological polar surface area (TPSA) is 61.9 Å². The van der Waals surface area contributed by atoms with Gasteiger partial charge in [-0.3, -0.25) is 9.69 Å². The Hall–Kier alpha value is -4.08. The van der Waals surface area contributed by atoms with E-state index in [-0.39, 0.29) is 23.7 Å². The van der Waals surface area contributed by atoms with Gasteiger partial charge in [-0.05, 0) is 42.8 Å². The number of benzene rings is 3. The maximum atomic E-state index is 14.5. The molecule has 4 rings (SSSR count). The van der Waals surface area contributed by atoms with E-state index in [0.717, 1.165) is 5.56 Å². The van der Waals surface area contributed by atoms with Crippen LogP contribution in [0, 0.1) is 23.3 Å². The van der Waals surface area contributed by atoms with E-state index in [4.69, 9.17) is 4.74 Å². The molecule has 188 valence electrons. The van der Waals surface area contributed by atoms with E-state index < -0.39 is 47.3 Å². The normalized spacial score (nSPS) is 15.1. The fourth-order valence-corrected chi connectivity index (χ4v) is 4.07. The zero-order valence-electron chi connectivity index (χ0n) is 19.7. The lowest BCUT2D eigenvalue weighted by Crippen LogP contribution is -2.46. The monoisotopic (exact) mass is 501 g/mol. The first-order valence-corrected chi connectivity index (χ1v) is 11.0. The van der Waals surface area contributed by atoms with Crippen LogP contribution in [-0.2, 0) is 13.1 Å². The van der Waals surface area contributed by atoms with Crippen LogP contribution >= 0.6 is 0 Å². The molecule has 1 N–H and O–H groups in total. The van der Waals surface area contributed by atoms with Gasteiger partial charge in [-0.25, -0.2) is 22.4 Å². The molecule has 10 heteroatoms. The molecule has 3 amide bonds. The molecular formula is C26H23F4N3O3. The van der Waals surface area contributed by atoms with Crippen molar-refractivity contribution >= 4 is 17.6 Å². The van der Waals surface area contributed by atoms with Crippen LogP contribution in [0.15, 0.2) is 48.5 Å². The zero-order chi connectivity index (χ0) is 26.1. The third-order valence-electron chi connectivity index (χ3n) is 6.26. The second-order valence-electron chi connectivity index (χ2n) is 8.42. The zero-order valence-corrected chi connectivity index (χ0v) is 19.7. The summed E-state index contributed by atoms with van der Waals surface area (Å²) in [5.41, 5.74) is 0.988. The van der Waals surface area contributed by atoms with Crippen molar-refractivity contribution in [3.05, 3.63) is 94.1 Å². The van der Waals surface area contributed by atoms with Crippen molar-refractivity contribution in [3.8, 4) is 5.75 Å². The molecule has 3 aromatic rings. The minimum atomic E-state index is -1.12. The van der Waals surface area contributed by atoms with Crippen molar-refractivity contribution in [2.45, 2.75) is 26.1 Å². The molecule has 0 bridgehead atoms. The molecule has 1 heterocycles. The molecular weight excluding hydrogens is 478 g/mol. The van der Waals surface area contributed by atoms with Crippen LogP contribution < -0.4 is 15.0 Å². The molecule has 36 heavy (non-hydrogen) atoms. The number of rotatable bonds is 6. The number of carbonyl (C=O) groups excluding carboxylic acids is 2. The van der Waals surface area contributed by atoms with Gasteiger partial charge in [0.05, 0.1) is 25.4 Å². The Balaban J connectivity index is 1.64. The highest BCUT2D eigenvalue weighted by Gasteiger charge is 2.34. The maximum Gasteiger partial charge on any atom is 0.325 e. The van der Waals surface area contributed by atoms with Crippen LogP contribution in [0.2, 0.25) is 0 Å². The van der Waals surface area contributed by atoms with Gasteiger partial charge in [0, 0.05) is 42.4 Å². The molecule has 0 saturated carbocycles. The van der Waals surface area contributed by atoms with E-state index in [9.17, 15) is 27.2 Å². The highest BCUT2D eigenvalue weighted by molar-refractivity contribution is 5.99. The average Bonchev–Trinajstić information content (AvgIpc) is 2.85. The van der Waals surface area contributed by atoms with E-state index >= 15 is 0 Å². The van der Waals surface area contributed by atoms with Gasteiger partial charge in [0.25, 0.3) is 5.91 Å². The molecule has 1 aliphatic heterocycles. The number of nitrogens with zero attached hydrogens (tertiary/aromatic N) is 2. The van der Waals surface area contributed by atoms with Gasteiger partial charge in [-0.2, -0.15) is 0 Å². The van der Waals surface area contributed by atoms with Gasteiger partial charge in [0.1, 0.15) is 29.0 Å². The molecule has 3 aromatic carbocycles. The van der Waals surface area contributed by atoms with Crippen molar-refractivity contribution < 1.29 is 31.9 Å². The fourth-order valence-electron chi connectivity index (χ4n) is 4.07. The Bertz CT molecular complexity index is 1320. The lowest BCUT2D eigenvalue weighted by atomic mass is 9.98. The molecule has 0 fully saturated rings. The Kier molecular flexibility index (Phi) is 6.87. The first-order valence-electron chi connectivity index (χ1n) is 11.0. The summed E-state index contributed by atoms with van der Waals surface area (Å²) in [5, 5.41) is 2.41. The summed E-state index contributed by atoms with van der Waals surface area (Å²) >= 11 is 0. The predicted molar refractivity (Wildman–Crippen MR) is 125 cm³/mol. The number of ether oxygens (including phenoxy) is 1. The first-order chi connectivity index (χ1) is 17.1. The molecule has 0 saturated heterocycles. The summed E-state index contributed by atoms with van der Waals surface area (Å²) < 4.78 is 60.7. The molecule has 0 radical (unpaired) electrons. The minimum Gasteiger partial charge on any atom is -0.497 e. The van der Waals surface area contributed by atoms with Crippen LogP contribution in [0.5, 0.6) is 5.75 Å². The summed E-state index contributed by atoms with van der Waals surface area (Å²) in [4.78, 5) is 28.8. The number of halogens is 4. The Morgan fingerprint density at radius 3 is 2.36 bits per heavy atom. The Morgan fingerprint density at radius 2 is 1.69 bits per heavy atom. The van der Waals surface area contributed by atoms with Crippen LogP contribution in [0.3, 0.4) is 0 Å². The second-order valence-corrected chi connectivity index (χ2v) is 8.42. The Labute approximate surface area is 205 Å². The van der Waals surface area contributed by atoms with Crippen LogP contribution in [0.1, 0.15) is 40.0 Å². The standard InChI is InChI=1S/C26H23F4N3O3/c1-14-19-6-4-15(25(34)31-12-20-22(29)10-17(27)11-23(20)30)9-24(19)33(26(35)32(14)2)13-16-8-18(36-3)5-7-21(16)28/h4-11,14H,12-13H2,1-3H3,(H,31,34)/t14-/m0/s1. The number of hydrogen-bond acceptors (Lipinski definition) is 3. The van der Waals surface area contributed by atoms with Crippen molar-refractivity contribution in [1.29, 1.82) is 0 Å². The SMILES string of the molecule is COc1ccc(F)c(CN2C(=O)N(C)[C@@H](C)c3ccc(C(=O)NCc4c(F)cc(F)cc4F)cc32)c1. The lowest BCUT2D eigenvalue weighted by molar-refractivity contribution is 0.0950. The highest BCUT2D eigenvalue weighted by atomic mass is 19.1. The summed E-state index contributed by atoms with van der Waals surface area (Å²) in [6, 6.07) is 9.21. The largest absolute Gasteiger partial charge is 0.497 e. The number of hydrogen-bond donors (Lipinski definition) is 1. The van der Waals surface area contributed by atoms with E-state index in [2.05, 4.69) is 5.32 Å². The van der Waals surface area contributed by atoms with Crippen molar-refractivity contribution in [2.24, 2.45) is 0 Å². The van der Waals surface area contributed by atoms with Crippen molar-refractivity contribution in [2.75, 3.05) is 19.1 Å².